The molecule has 0 bridgehead atoms. The zero-order valence-corrected chi connectivity index (χ0v) is 19.4. The van der Waals surface area contributed by atoms with Crippen molar-refractivity contribution in [3.05, 3.63) is 28.8 Å². The van der Waals surface area contributed by atoms with Gasteiger partial charge in [0.15, 0.2) is 0 Å². The van der Waals surface area contributed by atoms with E-state index < -0.39 is 0 Å². The highest BCUT2D eigenvalue weighted by Crippen LogP contribution is 2.35. The van der Waals surface area contributed by atoms with Crippen molar-refractivity contribution in [3.8, 4) is 0 Å². The average Bonchev–Trinajstić information content (AvgIpc) is 2.58. The second-order valence-corrected chi connectivity index (χ2v) is 9.79. The summed E-state index contributed by atoms with van der Waals surface area (Å²) in [5, 5.41) is 0. The minimum atomic E-state index is 0.493. The lowest BCUT2D eigenvalue weighted by molar-refractivity contribution is 0.439. The van der Waals surface area contributed by atoms with E-state index in [1.165, 1.54) is 74.5 Å². The van der Waals surface area contributed by atoms with Gasteiger partial charge in [0.2, 0.25) is 0 Å². The lowest BCUT2D eigenvalue weighted by atomic mass is 9.81. The molecule has 0 fully saturated rings. The van der Waals surface area contributed by atoms with Crippen molar-refractivity contribution in [1.29, 1.82) is 0 Å². The van der Waals surface area contributed by atoms with Crippen LogP contribution in [0.4, 0.5) is 5.69 Å². The molecule has 1 unspecified atom stereocenters. The number of nitrogen functional groups attached to an aromatic ring is 1. The highest BCUT2D eigenvalue weighted by Gasteiger charge is 2.18. The molecule has 1 rings (SSSR count). The van der Waals surface area contributed by atoms with Crippen LogP contribution in [0.5, 0.6) is 0 Å². The molecule has 0 aliphatic rings. The van der Waals surface area contributed by atoms with Gasteiger partial charge in [0.1, 0.15) is 0 Å². The van der Waals surface area contributed by atoms with Crippen molar-refractivity contribution in [1.82, 2.24) is 0 Å². The van der Waals surface area contributed by atoms with E-state index >= 15 is 0 Å². The first-order valence-corrected chi connectivity index (χ1v) is 11.6. The monoisotopic (exact) mass is 373 g/mol. The molecular weight excluding hydrogens is 326 g/mol. The number of rotatable bonds is 13. The van der Waals surface area contributed by atoms with Crippen LogP contribution >= 0.6 is 0 Å². The van der Waals surface area contributed by atoms with Gasteiger partial charge in [-0.3, -0.25) is 0 Å². The molecule has 0 radical (unpaired) electrons. The van der Waals surface area contributed by atoms with E-state index in [9.17, 15) is 0 Å². The first kappa shape index (κ1) is 24.1. The molecule has 0 amide bonds. The van der Waals surface area contributed by atoms with Gasteiger partial charge in [-0.1, -0.05) is 105 Å². The first-order valence-electron chi connectivity index (χ1n) is 11.6. The van der Waals surface area contributed by atoms with Crippen LogP contribution in [-0.4, -0.2) is 0 Å². The molecular formula is C26H47N. The highest BCUT2D eigenvalue weighted by molar-refractivity contribution is 5.56. The molecule has 0 aromatic heterocycles. The SMILES string of the molecule is Cc1cc(C(CCCCCCCCCC(C)C)C(C)C)cc(C(C)C)c1N. The van der Waals surface area contributed by atoms with Crippen molar-refractivity contribution in [2.45, 2.75) is 118 Å². The summed E-state index contributed by atoms with van der Waals surface area (Å²) < 4.78 is 0. The van der Waals surface area contributed by atoms with Gasteiger partial charge in [-0.2, -0.15) is 0 Å². The summed E-state index contributed by atoms with van der Waals surface area (Å²) in [7, 11) is 0. The number of anilines is 1. The summed E-state index contributed by atoms with van der Waals surface area (Å²) >= 11 is 0. The van der Waals surface area contributed by atoms with Gasteiger partial charge < -0.3 is 5.73 Å². The minimum Gasteiger partial charge on any atom is -0.398 e. The summed E-state index contributed by atoms with van der Waals surface area (Å²) in [6, 6.07) is 4.74. The van der Waals surface area contributed by atoms with Gasteiger partial charge >= 0.3 is 0 Å². The Morgan fingerprint density at radius 3 is 1.74 bits per heavy atom. The molecule has 2 N–H and O–H groups in total. The third kappa shape index (κ3) is 8.71. The van der Waals surface area contributed by atoms with Crippen LogP contribution in [0, 0.1) is 18.8 Å². The first-order chi connectivity index (χ1) is 12.7. The molecule has 1 atom stereocenters. The smallest absolute Gasteiger partial charge is 0.0379 e. The number of unbranched alkanes of at least 4 members (excludes halogenated alkanes) is 6. The van der Waals surface area contributed by atoms with Gasteiger partial charge in [0.05, 0.1) is 0 Å². The van der Waals surface area contributed by atoms with Crippen molar-refractivity contribution in [2.75, 3.05) is 5.73 Å². The number of hydrogen-bond acceptors (Lipinski definition) is 1. The van der Waals surface area contributed by atoms with Crippen LogP contribution in [0.1, 0.15) is 128 Å². The Balaban J connectivity index is 2.47. The Kier molecular flexibility index (Phi) is 11.1. The minimum absolute atomic E-state index is 0.493. The fourth-order valence-corrected chi connectivity index (χ4v) is 4.23. The molecule has 0 aliphatic carbocycles. The Morgan fingerprint density at radius 2 is 1.26 bits per heavy atom. The number of benzene rings is 1. The zero-order valence-electron chi connectivity index (χ0n) is 19.4. The molecule has 1 aromatic carbocycles. The van der Waals surface area contributed by atoms with Crippen LogP contribution in [0.25, 0.3) is 0 Å². The lowest BCUT2D eigenvalue weighted by Crippen LogP contribution is -2.10. The molecule has 156 valence electrons. The molecule has 27 heavy (non-hydrogen) atoms. The van der Waals surface area contributed by atoms with Crippen LogP contribution in [0.15, 0.2) is 12.1 Å². The molecule has 0 spiro atoms. The largest absolute Gasteiger partial charge is 0.398 e. The third-order valence-electron chi connectivity index (χ3n) is 6.09. The molecule has 0 aliphatic heterocycles. The standard InChI is InChI=1S/C26H47N/c1-19(2)15-13-11-9-8-10-12-14-16-24(20(3)4)23-17-22(7)26(27)25(18-23)21(5)6/h17-21,24H,8-16,27H2,1-7H3. The van der Waals surface area contributed by atoms with E-state index in [-0.39, 0.29) is 0 Å². The third-order valence-corrected chi connectivity index (χ3v) is 6.09. The summed E-state index contributed by atoms with van der Waals surface area (Å²) in [6.45, 7) is 16.1. The summed E-state index contributed by atoms with van der Waals surface area (Å²) in [6.07, 6.45) is 12.6. The number of aryl methyl sites for hydroxylation is 1. The Hall–Kier alpha value is -0.980. The molecule has 1 aromatic rings. The van der Waals surface area contributed by atoms with Gasteiger partial charge in [-0.25, -0.2) is 0 Å². The van der Waals surface area contributed by atoms with Crippen LogP contribution in [-0.2, 0) is 0 Å². The molecule has 1 nitrogen and oxygen atoms in total. The van der Waals surface area contributed by atoms with Gasteiger partial charge in [-0.05, 0) is 53.7 Å². The topological polar surface area (TPSA) is 26.0 Å². The Labute approximate surface area is 170 Å². The fraction of sp³-hybridized carbons (Fsp3) is 0.769. The maximum atomic E-state index is 6.33. The summed E-state index contributed by atoms with van der Waals surface area (Å²) in [5.41, 5.74) is 11.4. The second-order valence-electron chi connectivity index (χ2n) is 9.79. The maximum absolute atomic E-state index is 6.33. The molecule has 0 saturated carbocycles. The predicted octanol–water partition coefficient (Wildman–Crippen LogP) is 8.61. The molecule has 0 saturated heterocycles. The van der Waals surface area contributed by atoms with E-state index in [1.807, 2.05) is 0 Å². The molecule has 0 heterocycles. The predicted molar refractivity (Wildman–Crippen MR) is 124 cm³/mol. The van der Waals surface area contributed by atoms with Gasteiger partial charge in [-0.15, -0.1) is 0 Å². The average molecular weight is 374 g/mol. The van der Waals surface area contributed by atoms with Crippen LogP contribution in [0.3, 0.4) is 0 Å². The van der Waals surface area contributed by atoms with Crippen molar-refractivity contribution in [2.24, 2.45) is 11.8 Å². The molecule has 1 heteroatoms. The van der Waals surface area contributed by atoms with Crippen LogP contribution in [0.2, 0.25) is 0 Å². The lowest BCUT2D eigenvalue weighted by Gasteiger charge is -2.24. The van der Waals surface area contributed by atoms with Gasteiger partial charge in [0.25, 0.3) is 0 Å². The van der Waals surface area contributed by atoms with E-state index in [4.69, 9.17) is 5.73 Å². The van der Waals surface area contributed by atoms with E-state index in [2.05, 4.69) is 60.6 Å². The number of nitrogens with two attached hydrogens (primary N) is 1. The van der Waals surface area contributed by atoms with Crippen LogP contribution < -0.4 is 5.73 Å². The summed E-state index contributed by atoms with van der Waals surface area (Å²) in [4.78, 5) is 0. The number of hydrogen-bond donors (Lipinski definition) is 1. The fourth-order valence-electron chi connectivity index (χ4n) is 4.23. The van der Waals surface area contributed by atoms with Gasteiger partial charge in [0, 0.05) is 5.69 Å². The highest BCUT2D eigenvalue weighted by atomic mass is 14.6. The second kappa shape index (κ2) is 12.5. The summed E-state index contributed by atoms with van der Waals surface area (Å²) in [5.74, 6) is 2.70. The van der Waals surface area contributed by atoms with E-state index in [1.54, 1.807) is 0 Å². The van der Waals surface area contributed by atoms with Crippen molar-refractivity contribution in [3.63, 3.8) is 0 Å². The van der Waals surface area contributed by atoms with E-state index in [0.717, 1.165) is 11.6 Å². The van der Waals surface area contributed by atoms with Crippen molar-refractivity contribution < 1.29 is 0 Å². The normalized spacial score (nSPS) is 13.1. The quantitative estimate of drug-likeness (QED) is 0.272. The Bertz CT molecular complexity index is 527. The zero-order chi connectivity index (χ0) is 20.4. The van der Waals surface area contributed by atoms with E-state index in [0.29, 0.717) is 17.8 Å². The maximum Gasteiger partial charge on any atom is 0.0379 e. The van der Waals surface area contributed by atoms with Crippen molar-refractivity contribution >= 4 is 5.69 Å². The Morgan fingerprint density at radius 1 is 0.741 bits per heavy atom.